The van der Waals surface area contributed by atoms with Crippen LogP contribution in [0.15, 0.2) is 77.2 Å². The highest BCUT2D eigenvalue weighted by molar-refractivity contribution is 6.00. The first-order valence-corrected chi connectivity index (χ1v) is 9.23. The van der Waals surface area contributed by atoms with Gasteiger partial charge in [-0.05, 0) is 55.8 Å². The lowest BCUT2D eigenvalue weighted by molar-refractivity contribution is 0.262. The van der Waals surface area contributed by atoms with E-state index in [1.807, 2.05) is 74.5 Å². The van der Waals surface area contributed by atoms with Gasteiger partial charge in [-0.1, -0.05) is 42.0 Å². The Hall–Kier alpha value is -3.93. The molecule has 144 valence electrons. The highest BCUT2D eigenvalue weighted by atomic mass is 16.4. The molecule has 0 spiro atoms. The van der Waals surface area contributed by atoms with Crippen molar-refractivity contribution in [3.05, 3.63) is 83.9 Å². The van der Waals surface area contributed by atoms with Crippen molar-refractivity contribution in [1.82, 2.24) is 10.2 Å². The van der Waals surface area contributed by atoms with E-state index >= 15 is 0 Å². The van der Waals surface area contributed by atoms with E-state index in [0.29, 0.717) is 17.5 Å². The fourth-order valence-electron chi connectivity index (χ4n) is 3.01. The average molecular weight is 384 g/mol. The van der Waals surface area contributed by atoms with Crippen LogP contribution in [0.4, 0.5) is 16.2 Å². The van der Waals surface area contributed by atoms with Gasteiger partial charge >= 0.3 is 6.03 Å². The highest BCUT2D eigenvalue weighted by Crippen LogP contribution is 2.25. The van der Waals surface area contributed by atoms with Crippen LogP contribution in [-0.2, 0) is 0 Å². The van der Waals surface area contributed by atoms with Crippen molar-refractivity contribution >= 4 is 17.4 Å². The van der Waals surface area contributed by atoms with E-state index in [1.165, 1.54) is 0 Å². The molecule has 0 aliphatic rings. The average Bonchev–Trinajstić information content (AvgIpc) is 3.21. The Balaban J connectivity index is 1.49. The van der Waals surface area contributed by atoms with Crippen LogP contribution in [0.1, 0.15) is 11.1 Å². The second-order valence-electron chi connectivity index (χ2n) is 6.76. The SMILES string of the molecule is Cc1ccc(NC(=O)Nc2cccc(-c3nnc(-c4ccccc4)o3)c2)c(C)c1. The molecule has 1 aromatic heterocycles. The number of benzene rings is 3. The van der Waals surface area contributed by atoms with Gasteiger partial charge in [-0.15, -0.1) is 10.2 Å². The zero-order valence-electron chi connectivity index (χ0n) is 16.1. The van der Waals surface area contributed by atoms with Gasteiger partial charge in [0, 0.05) is 22.5 Å². The summed E-state index contributed by atoms with van der Waals surface area (Å²) in [5, 5.41) is 13.9. The second-order valence-corrected chi connectivity index (χ2v) is 6.76. The number of amides is 2. The minimum Gasteiger partial charge on any atom is -0.416 e. The Morgan fingerprint density at radius 3 is 2.28 bits per heavy atom. The van der Waals surface area contributed by atoms with Crippen molar-refractivity contribution < 1.29 is 9.21 Å². The molecule has 6 heteroatoms. The predicted octanol–water partition coefficient (Wildman–Crippen LogP) is 5.66. The lowest BCUT2D eigenvalue weighted by atomic mass is 10.1. The molecule has 1 heterocycles. The fraction of sp³-hybridized carbons (Fsp3) is 0.0870. The zero-order chi connectivity index (χ0) is 20.2. The van der Waals surface area contributed by atoms with E-state index in [9.17, 15) is 4.79 Å². The van der Waals surface area contributed by atoms with E-state index in [-0.39, 0.29) is 6.03 Å². The maximum Gasteiger partial charge on any atom is 0.323 e. The fourth-order valence-corrected chi connectivity index (χ4v) is 3.01. The largest absolute Gasteiger partial charge is 0.416 e. The normalized spacial score (nSPS) is 10.6. The lowest BCUT2D eigenvalue weighted by Gasteiger charge is -2.11. The van der Waals surface area contributed by atoms with Crippen molar-refractivity contribution in [1.29, 1.82) is 0 Å². The quantitative estimate of drug-likeness (QED) is 0.475. The molecule has 4 aromatic rings. The van der Waals surface area contributed by atoms with Crippen molar-refractivity contribution in [2.75, 3.05) is 10.6 Å². The molecular weight excluding hydrogens is 364 g/mol. The summed E-state index contributed by atoms with van der Waals surface area (Å²) in [6.45, 7) is 3.98. The Kier molecular flexibility index (Phi) is 5.07. The van der Waals surface area contributed by atoms with Crippen LogP contribution in [-0.4, -0.2) is 16.2 Å². The number of nitrogens with one attached hydrogen (secondary N) is 2. The van der Waals surface area contributed by atoms with E-state index in [0.717, 1.165) is 27.9 Å². The minimum absolute atomic E-state index is 0.315. The molecule has 6 nitrogen and oxygen atoms in total. The molecule has 0 radical (unpaired) electrons. The summed E-state index contributed by atoms with van der Waals surface area (Å²) in [5.74, 6) is 0.842. The molecule has 0 aliphatic heterocycles. The summed E-state index contributed by atoms with van der Waals surface area (Å²) in [7, 11) is 0. The van der Waals surface area contributed by atoms with Gasteiger partial charge in [0.2, 0.25) is 11.8 Å². The number of rotatable bonds is 4. The van der Waals surface area contributed by atoms with Crippen LogP contribution in [0.25, 0.3) is 22.9 Å². The van der Waals surface area contributed by atoms with E-state index in [2.05, 4.69) is 20.8 Å². The van der Waals surface area contributed by atoms with Crippen LogP contribution in [0, 0.1) is 13.8 Å². The van der Waals surface area contributed by atoms with Gasteiger partial charge in [-0.3, -0.25) is 0 Å². The maximum atomic E-state index is 12.4. The van der Waals surface area contributed by atoms with Gasteiger partial charge in [-0.2, -0.15) is 0 Å². The van der Waals surface area contributed by atoms with Gasteiger partial charge in [-0.25, -0.2) is 4.79 Å². The van der Waals surface area contributed by atoms with Crippen LogP contribution in [0.2, 0.25) is 0 Å². The first-order valence-electron chi connectivity index (χ1n) is 9.23. The zero-order valence-corrected chi connectivity index (χ0v) is 16.1. The topological polar surface area (TPSA) is 80.0 Å². The molecule has 0 atom stereocenters. The van der Waals surface area contributed by atoms with E-state index in [1.54, 1.807) is 12.1 Å². The smallest absolute Gasteiger partial charge is 0.323 e. The Morgan fingerprint density at radius 1 is 0.793 bits per heavy atom. The molecule has 0 saturated heterocycles. The first-order chi connectivity index (χ1) is 14.1. The molecule has 0 saturated carbocycles. The van der Waals surface area contributed by atoms with Crippen LogP contribution >= 0.6 is 0 Å². The number of aromatic nitrogens is 2. The van der Waals surface area contributed by atoms with Crippen molar-refractivity contribution in [3.63, 3.8) is 0 Å². The van der Waals surface area contributed by atoms with Crippen molar-refractivity contribution in [2.24, 2.45) is 0 Å². The van der Waals surface area contributed by atoms with Gasteiger partial charge in [0.15, 0.2) is 0 Å². The number of hydrogen-bond acceptors (Lipinski definition) is 4. The number of nitrogens with zero attached hydrogens (tertiary/aromatic N) is 2. The Bertz CT molecular complexity index is 1150. The van der Waals surface area contributed by atoms with Crippen molar-refractivity contribution in [2.45, 2.75) is 13.8 Å². The summed E-state index contributed by atoms with van der Waals surface area (Å²) >= 11 is 0. The summed E-state index contributed by atoms with van der Waals surface area (Å²) in [6, 6.07) is 22.4. The summed E-state index contributed by atoms with van der Waals surface area (Å²) in [6.07, 6.45) is 0. The maximum absolute atomic E-state index is 12.4. The van der Waals surface area contributed by atoms with Crippen molar-refractivity contribution in [3.8, 4) is 22.9 Å². The molecule has 2 N–H and O–H groups in total. The van der Waals surface area contributed by atoms with Gasteiger partial charge in [0.05, 0.1) is 0 Å². The third-order valence-corrected chi connectivity index (χ3v) is 4.44. The summed E-state index contributed by atoms with van der Waals surface area (Å²) in [5.41, 5.74) is 5.14. The molecule has 0 aliphatic carbocycles. The molecule has 4 rings (SSSR count). The number of hydrogen-bond donors (Lipinski definition) is 2. The first kappa shape index (κ1) is 18.4. The summed E-state index contributed by atoms with van der Waals surface area (Å²) in [4.78, 5) is 12.4. The number of aryl methyl sites for hydroxylation is 2. The minimum atomic E-state index is -0.315. The lowest BCUT2D eigenvalue weighted by Crippen LogP contribution is -2.20. The molecule has 29 heavy (non-hydrogen) atoms. The van der Waals surface area contributed by atoms with Gasteiger partial charge < -0.3 is 15.1 Å². The molecule has 2 amide bonds. The second kappa shape index (κ2) is 7.98. The predicted molar refractivity (Wildman–Crippen MR) is 114 cm³/mol. The molecule has 3 aromatic carbocycles. The highest BCUT2D eigenvalue weighted by Gasteiger charge is 2.11. The van der Waals surface area contributed by atoms with E-state index in [4.69, 9.17) is 4.42 Å². The number of urea groups is 1. The Morgan fingerprint density at radius 2 is 1.52 bits per heavy atom. The molecule has 0 bridgehead atoms. The molecular formula is C23H20N4O2. The molecule has 0 unspecified atom stereocenters. The van der Waals surface area contributed by atoms with Crippen LogP contribution in [0.5, 0.6) is 0 Å². The summed E-state index contributed by atoms with van der Waals surface area (Å²) < 4.78 is 5.79. The van der Waals surface area contributed by atoms with Crippen LogP contribution in [0.3, 0.4) is 0 Å². The number of anilines is 2. The Labute approximate surface area is 168 Å². The standard InChI is InChI=1S/C23H20N4O2/c1-15-11-12-20(16(2)13-15)25-23(28)24-19-10-6-9-18(14-19)22-27-26-21(29-22)17-7-4-3-5-8-17/h3-14H,1-2H3,(H2,24,25,28). The van der Waals surface area contributed by atoms with Gasteiger partial charge in [0.25, 0.3) is 0 Å². The third-order valence-electron chi connectivity index (χ3n) is 4.44. The number of carbonyl (C=O) groups excluding carboxylic acids is 1. The van der Waals surface area contributed by atoms with Gasteiger partial charge in [0.1, 0.15) is 0 Å². The monoisotopic (exact) mass is 384 g/mol. The van der Waals surface area contributed by atoms with Crippen LogP contribution < -0.4 is 10.6 Å². The molecule has 0 fully saturated rings. The third kappa shape index (κ3) is 4.32. The number of carbonyl (C=O) groups is 1. The van der Waals surface area contributed by atoms with E-state index < -0.39 is 0 Å².